The fourth-order valence-corrected chi connectivity index (χ4v) is 6.48. The molecular formula is C32H33ClFN5S. The molecule has 1 aliphatic rings. The lowest BCUT2D eigenvalue weighted by Gasteiger charge is -2.28. The molecule has 5 aromatic rings. The Hall–Kier alpha value is -3.29. The smallest absolute Gasteiger partial charge is 0.165 e. The van der Waals surface area contributed by atoms with E-state index in [0.29, 0.717) is 25.3 Å². The van der Waals surface area contributed by atoms with Gasteiger partial charge in [-0.1, -0.05) is 44.2 Å². The van der Waals surface area contributed by atoms with Gasteiger partial charge in [0.2, 0.25) is 0 Å². The molecule has 0 amide bonds. The Bertz CT molecular complexity index is 1690. The maximum absolute atomic E-state index is 15.4. The first-order valence-corrected chi connectivity index (χ1v) is 15.6. The van der Waals surface area contributed by atoms with Gasteiger partial charge in [0.25, 0.3) is 0 Å². The van der Waals surface area contributed by atoms with E-state index in [1.165, 1.54) is 27.7 Å². The molecule has 8 heteroatoms. The third kappa shape index (κ3) is 4.49. The summed E-state index contributed by atoms with van der Waals surface area (Å²) in [6, 6.07) is 14.6. The molecule has 6 rings (SSSR count). The van der Waals surface area contributed by atoms with Crippen LogP contribution in [0.1, 0.15) is 59.5 Å². The summed E-state index contributed by atoms with van der Waals surface area (Å²) in [7, 11) is 7.11. The second-order valence-corrected chi connectivity index (χ2v) is 11.9. The molecule has 0 radical (unpaired) electrons. The molecule has 1 unspecified atom stereocenters. The number of fused-ring (bicyclic) bond motifs is 2. The van der Waals surface area contributed by atoms with Crippen LogP contribution in [0.25, 0.3) is 27.8 Å². The lowest BCUT2D eigenvalue weighted by Crippen LogP contribution is -2.31. The largest absolute Gasteiger partial charge is 0.361 e. The number of aromatic amines is 1. The van der Waals surface area contributed by atoms with E-state index in [1.807, 2.05) is 18.0 Å². The quantitative estimate of drug-likeness (QED) is 0.212. The number of nitrogens with zero attached hydrogens (tertiary/aromatic N) is 4. The van der Waals surface area contributed by atoms with Crippen LogP contribution in [0, 0.1) is 12.7 Å². The molecule has 0 saturated carbocycles. The highest BCUT2D eigenvalue weighted by Gasteiger charge is 2.30. The number of hydrogen-bond donors (Lipinski definition) is 1. The normalized spacial score (nSPS) is 14.1. The van der Waals surface area contributed by atoms with E-state index >= 15 is 4.39 Å². The number of hydrogen-bond acceptors (Lipinski definition) is 4. The van der Waals surface area contributed by atoms with E-state index in [2.05, 4.69) is 71.8 Å². The maximum Gasteiger partial charge on any atom is 0.165 e. The molecule has 0 saturated heterocycles. The first-order valence-electron chi connectivity index (χ1n) is 13.9. The summed E-state index contributed by atoms with van der Waals surface area (Å²) >= 11 is 0. The third-order valence-corrected chi connectivity index (χ3v) is 9.48. The molecular weight excluding hydrogens is 541 g/mol. The average molecular weight is 574 g/mol. The maximum atomic E-state index is 15.4. The monoisotopic (exact) mass is 573 g/mol. The topological polar surface area (TPSA) is 49.7 Å². The molecule has 0 spiro atoms. The van der Waals surface area contributed by atoms with Crippen LogP contribution in [-0.4, -0.2) is 26.3 Å². The number of anilines is 1. The molecule has 5 nitrogen and oxygen atoms in total. The van der Waals surface area contributed by atoms with Crippen LogP contribution < -0.4 is 4.90 Å². The van der Waals surface area contributed by atoms with E-state index in [-0.39, 0.29) is 11.1 Å². The van der Waals surface area contributed by atoms with E-state index < -0.39 is 0 Å². The fourth-order valence-electron chi connectivity index (χ4n) is 5.94. The van der Waals surface area contributed by atoms with Gasteiger partial charge in [0.15, 0.2) is 11.6 Å². The molecule has 0 bridgehead atoms. The van der Waals surface area contributed by atoms with Gasteiger partial charge in [-0.15, -0.1) is 0 Å². The standard InChI is InChI=1S/C32H33ClFN5S/c1-5-21-8-7-9-22(6-2)30(21)39-31(25-11-10-19(3)29-24(25)12-14-35-29)26-18-38(15-13-28(26)37-39)32-27(34)16-23(17-36-32)20(4)40-33/h7-12,14,16-17,20,35H,5-6,13,15,18H2,1-4H3. The average Bonchev–Trinajstić information content (AvgIpc) is 3.62. The van der Waals surface area contributed by atoms with Gasteiger partial charge in [0.05, 0.1) is 17.1 Å². The van der Waals surface area contributed by atoms with Crippen molar-refractivity contribution in [1.29, 1.82) is 0 Å². The van der Waals surface area contributed by atoms with Crippen molar-refractivity contribution in [2.45, 2.75) is 58.8 Å². The van der Waals surface area contributed by atoms with Crippen molar-refractivity contribution in [1.82, 2.24) is 19.7 Å². The highest BCUT2D eigenvalue weighted by Crippen LogP contribution is 2.40. The van der Waals surface area contributed by atoms with Crippen molar-refractivity contribution in [3.63, 3.8) is 0 Å². The minimum atomic E-state index is -0.319. The Kier molecular flexibility index (Phi) is 7.36. The van der Waals surface area contributed by atoms with Gasteiger partial charge in [0.1, 0.15) is 0 Å². The number of benzene rings is 2. The van der Waals surface area contributed by atoms with Crippen LogP contribution >= 0.6 is 21.7 Å². The summed E-state index contributed by atoms with van der Waals surface area (Å²) in [5.74, 6) is 0.0548. The highest BCUT2D eigenvalue weighted by molar-refractivity contribution is 8.21. The molecule has 0 fully saturated rings. The number of aromatic nitrogens is 4. The predicted octanol–water partition coefficient (Wildman–Crippen LogP) is 8.50. The van der Waals surface area contributed by atoms with Crippen molar-refractivity contribution in [3.8, 4) is 16.9 Å². The zero-order chi connectivity index (χ0) is 28.0. The van der Waals surface area contributed by atoms with Crippen molar-refractivity contribution in [2.75, 3.05) is 11.4 Å². The molecule has 0 aliphatic carbocycles. The number of rotatable bonds is 7. The van der Waals surface area contributed by atoms with Crippen molar-refractivity contribution < 1.29 is 4.39 Å². The minimum Gasteiger partial charge on any atom is -0.361 e. The summed E-state index contributed by atoms with van der Waals surface area (Å²) in [6.45, 7) is 9.64. The Morgan fingerprint density at radius 1 is 1.12 bits per heavy atom. The molecule has 40 heavy (non-hydrogen) atoms. The summed E-state index contributed by atoms with van der Waals surface area (Å²) in [6.07, 6.45) is 6.27. The van der Waals surface area contributed by atoms with E-state index in [4.69, 9.17) is 15.8 Å². The zero-order valence-corrected chi connectivity index (χ0v) is 24.8. The molecule has 1 atom stereocenters. The molecule has 206 valence electrons. The van der Waals surface area contributed by atoms with Gasteiger partial charge in [-0.05, 0) is 82.7 Å². The second-order valence-electron chi connectivity index (χ2n) is 10.5. The van der Waals surface area contributed by atoms with E-state index in [0.717, 1.165) is 57.5 Å². The summed E-state index contributed by atoms with van der Waals surface area (Å²) in [4.78, 5) is 10.0. The molecule has 3 aromatic heterocycles. The molecule has 1 aliphatic heterocycles. The van der Waals surface area contributed by atoms with E-state index in [9.17, 15) is 0 Å². The van der Waals surface area contributed by atoms with Crippen molar-refractivity contribution >= 4 is 38.4 Å². The predicted molar refractivity (Wildman–Crippen MR) is 165 cm³/mol. The van der Waals surface area contributed by atoms with Gasteiger partial charge in [-0.25, -0.2) is 14.1 Å². The van der Waals surface area contributed by atoms with Crippen LogP contribution in [0.3, 0.4) is 0 Å². The van der Waals surface area contributed by atoms with Gasteiger partial charge in [0, 0.05) is 59.2 Å². The number of H-pyrrole nitrogens is 1. The number of nitrogens with one attached hydrogen (secondary N) is 1. The molecule has 1 N–H and O–H groups in total. The number of halogens is 2. The number of aryl methyl sites for hydroxylation is 3. The van der Waals surface area contributed by atoms with Crippen LogP contribution in [0.15, 0.2) is 54.9 Å². The third-order valence-electron chi connectivity index (χ3n) is 8.14. The Balaban J connectivity index is 1.55. The summed E-state index contributed by atoms with van der Waals surface area (Å²) < 4.78 is 17.6. The molecule has 2 aromatic carbocycles. The number of para-hydroxylation sites is 1. The summed E-state index contributed by atoms with van der Waals surface area (Å²) in [5, 5.41) is 6.40. The second kappa shape index (κ2) is 10.9. The van der Waals surface area contributed by atoms with Crippen molar-refractivity contribution in [2.24, 2.45) is 0 Å². The van der Waals surface area contributed by atoms with Crippen molar-refractivity contribution in [3.05, 3.63) is 94.2 Å². The molecule has 4 heterocycles. The number of pyridine rings is 1. The first kappa shape index (κ1) is 26.9. The SMILES string of the molecule is CCc1cccc(CC)c1-n1nc2c(c1-c1ccc(C)c3[nH]ccc13)CN(c1ncc(C(C)SCl)cc1F)CC2. The zero-order valence-electron chi connectivity index (χ0n) is 23.3. The Labute approximate surface area is 243 Å². The summed E-state index contributed by atoms with van der Waals surface area (Å²) in [5.41, 5.74) is 11.2. The fraction of sp³-hybridized carbons (Fsp3) is 0.312. The lowest BCUT2D eigenvalue weighted by molar-refractivity contribution is 0.597. The Morgan fingerprint density at radius 2 is 1.90 bits per heavy atom. The van der Waals surface area contributed by atoms with E-state index in [1.54, 1.807) is 12.3 Å². The van der Waals surface area contributed by atoms with Crippen LogP contribution in [0.2, 0.25) is 0 Å². The van der Waals surface area contributed by atoms with Gasteiger partial charge in [-0.2, -0.15) is 5.10 Å². The van der Waals surface area contributed by atoms with Gasteiger partial charge >= 0.3 is 0 Å². The van der Waals surface area contributed by atoms with Crippen LogP contribution in [-0.2, 0) is 25.8 Å². The van der Waals surface area contributed by atoms with Crippen LogP contribution in [0.5, 0.6) is 0 Å². The minimum absolute atomic E-state index is 0.0350. The van der Waals surface area contributed by atoms with Crippen LogP contribution in [0.4, 0.5) is 10.2 Å². The Morgan fingerprint density at radius 3 is 2.60 bits per heavy atom. The first-order chi connectivity index (χ1) is 19.4. The highest BCUT2D eigenvalue weighted by atomic mass is 35.7. The van der Waals surface area contributed by atoms with Gasteiger partial charge in [-0.3, -0.25) is 0 Å². The lowest BCUT2D eigenvalue weighted by atomic mass is 9.96. The van der Waals surface area contributed by atoms with Gasteiger partial charge < -0.3 is 9.88 Å².